The summed E-state index contributed by atoms with van der Waals surface area (Å²) in [6, 6.07) is 18.6. The van der Waals surface area contributed by atoms with Crippen LogP contribution in [0.25, 0.3) is 0 Å². The Labute approximate surface area is 187 Å². The Kier molecular flexibility index (Phi) is 7.48. The first-order chi connectivity index (χ1) is 15.3. The fourth-order valence-corrected chi connectivity index (χ4v) is 4.44. The molecule has 32 heavy (non-hydrogen) atoms. The molecule has 1 N–H and O–H groups in total. The molecule has 0 spiro atoms. The molecule has 0 aliphatic rings. The van der Waals surface area contributed by atoms with Crippen LogP contribution in [-0.2, 0) is 21.4 Å². The lowest BCUT2D eigenvalue weighted by Crippen LogP contribution is -2.40. The van der Waals surface area contributed by atoms with Gasteiger partial charge in [0.2, 0.25) is 5.91 Å². The Balaban J connectivity index is 1.83. The minimum atomic E-state index is -4.09. The third-order valence-corrected chi connectivity index (χ3v) is 6.52. The van der Waals surface area contributed by atoms with Crippen LogP contribution >= 0.6 is 0 Å². The van der Waals surface area contributed by atoms with Gasteiger partial charge in [0.15, 0.2) is 0 Å². The number of halogens is 1. The zero-order valence-electron chi connectivity index (χ0n) is 17.9. The molecule has 0 heterocycles. The third-order valence-electron chi connectivity index (χ3n) is 4.73. The summed E-state index contributed by atoms with van der Waals surface area (Å²) < 4.78 is 46.4. The number of hydrogen-bond acceptors (Lipinski definition) is 4. The van der Waals surface area contributed by atoms with Crippen molar-refractivity contribution in [3.63, 3.8) is 0 Å². The second-order valence-corrected chi connectivity index (χ2v) is 9.02. The molecule has 0 aliphatic heterocycles. The molecule has 1 amide bonds. The van der Waals surface area contributed by atoms with E-state index < -0.39 is 28.3 Å². The number of hydrogen-bond donors (Lipinski definition) is 1. The second kappa shape index (κ2) is 10.3. The zero-order chi connectivity index (χ0) is 23.1. The van der Waals surface area contributed by atoms with Gasteiger partial charge in [-0.2, -0.15) is 0 Å². The Hall–Kier alpha value is -3.39. The summed E-state index contributed by atoms with van der Waals surface area (Å²) >= 11 is 0. The number of aryl methyl sites for hydroxylation is 1. The molecule has 0 aromatic heterocycles. The van der Waals surface area contributed by atoms with Gasteiger partial charge in [-0.25, -0.2) is 12.8 Å². The number of anilines is 1. The Morgan fingerprint density at radius 2 is 1.59 bits per heavy atom. The summed E-state index contributed by atoms with van der Waals surface area (Å²) in [7, 11) is -4.09. The standard InChI is InChI=1S/C24H25FN2O4S/c1-3-31-22-12-14-23(15-13-22)32(29,30)27(21-10-8-20(25)9-11-21)17-24(28)26-16-19-6-4-18(2)5-7-19/h4-15H,3,16-17H2,1-2H3,(H,26,28). The molecular formula is C24H25FN2O4S. The minimum Gasteiger partial charge on any atom is -0.494 e. The summed E-state index contributed by atoms with van der Waals surface area (Å²) in [6.07, 6.45) is 0. The smallest absolute Gasteiger partial charge is 0.264 e. The highest BCUT2D eigenvalue weighted by Crippen LogP contribution is 2.25. The lowest BCUT2D eigenvalue weighted by molar-refractivity contribution is -0.119. The van der Waals surface area contributed by atoms with Gasteiger partial charge in [0, 0.05) is 6.54 Å². The van der Waals surface area contributed by atoms with Crippen LogP contribution in [0.15, 0.2) is 77.7 Å². The van der Waals surface area contributed by atoms with Gasteiger partial charge in [0.25, 0.3) is 10.0 Å². The average Bonchev–Trinajstić information content (AvgIpc) is 2.78. The molecule has 6 nitrogen and oxygen atoms in total. The van der Waals surface area contributed by atoms with Crippen molar-refractivity contribution in [2.24, 2.45) is 0 Å². The van der Waals surface area contributed by atoms with Crippen LogP contribution in [0.4, 0.5) is 10.1 Å². The van der Waals surface area contributed by atoms with Crippen molar-refractivity contribution in [2.45, 2.75) is 25.3 Å². The maximum Gasteiger partial charge on any atom is 0.264 e. The number of nitrogens with one attached hydrogen (secondary N) is 1. The molecule has 0 fully saturated rings. The van der Waals surface area contributed by atoms with E-state index in [-0.39, 0.29) is 17.1 Å². The second-order valence-electron chi connectivity index (χ2n) is 7.15. The number of benzene rings is 3. The van der Waals surface area contributed by atoms with Crippen molar-refractivity contribution in [2.75, 3.05) is 17.5 Å². The molecular weight excluding hydrogens is 431 g/mol. The number of nitrogens with zero attached hydrogens (tertiary/aromatic N) is 1. The molecule has 3 rings (SSSR count). The summed E-state index contributed by atoms with van der Waals surface area (Å²) in [5.74, 6) is -0.448. The number of amides is 1. The van der Waals surface area contributed by atoms with Crippen molar-refractivity contribution < 1.29 is 22.3 Å². The molecule has 3 aromatic carbocycles. The average molecular weight is 457 g/mol. The molecule has 168 valence electrons. The molecule has 0 atom stereocenters. The van der Waals surface area contributed by atoms with Crippen LogP contribution in [-0.4, -0.2) is 27.5 Å². The number of ether oxygens (including phenoxy) is 1. The lowest BCUT2D eigenvalue weighted by atomic mass is 10.1. The highest BCUT2D eigenvalue weighted by Gasteiger charge is 2.27. The molecule has 0 saturated heterocycles. The molecule has 0 radical (unpaired) electrons. The van der Waals surface area contributed by atoms with E-state index in [2.05, 4.69) is 5.32 Å². The molecule has 0 bridgehead atoms. The molecule has 8 heteroatoms. The Bertz CT molecular complexity index is 1150. The van der Waals surface area contributed by atoms with E-state index >= 15 is 0 Å². The molecule has 3 aromatic rings. The van der Waals surface area contributed by atoms with Gasteiger partial charge in [-0.3, -0.25) is 9.10 Å². The van der Waals surface area contributed by atoms with E-state index in [1.54, 1.807) is 12.1 Å². The SMILES string of the molecule is CCOc1ccc(S(=O)(=O)N(CC(=O)NCc2ccc(C)cc2)c2ccc(F)cc2)cc1. The largest absolute Gasteiger partial charge is 0.494 e. The summed E-state index contributed by atoms with van der Waals surface area (Å²) in [4.78, 5) is 12.6. The monoisotopic (exact) mass is 456 g/mol. The fourth-order valence-electron chi connectivity index (χ4n) is 3.02. The van der Waals surface area contributed by atoms with Gasteiger partial charge in [0.1, 0.15) is 18.1 Å². The van der Waals surface area contributed by atoms with Crippen molar-refractivity contribution >= 4 is 21.6 Å². The molecule has 0 saturated carbocycles. The van der Waals surface area contributed by atoms with Crippen molar-refractivity contribution in [1.82, 2.24) is 5.32 Å². The van der Waals surface area contributed by atoms with Gasteiger partial charge in [-0.15, -0.1) is 0 Å². The summed E-state index contributed by atoms with van der Waals surface area (Å²) in [6.45, 7) is 4.06. The van der Waals surface area contributed by atoms with Crippen LogP contribution in [0.3, 0.4) is 0 Å². The normalized spacial score (nSPS) is 11.1. The van der Waals surface area contributed by atoms with Gasteiger partial charge >= 0.3 is 0 Å². The Morgan fingerprint density at radius 1 is 0.969 bits per heavy atom. The molecule has 0 unspecified atom stereocenters. The minimum absolute atomic E-state index is 0.00314. The van der Waals surface area contributed by atoms with Gasteiger partial charge in [0.05, 0.1) is 17.2 Å². The van der Waals surface area contributed by atoms with Crippen LogP contribution < -0.4 is 14.4 Å². The van der Waals surface area contributed by atoms with Crippen molar-refractivity contribution in [3.05, 3.63) is 89.7 Å². The third kappa shape index (κ3) is 5.85. The van der Waals surface area contributed by atoms with Gasteiger partial charge in [-0.05, 0) is 67.9 Å². The first kappa shape index (κ1) is 23.3. The van der Waals surface area contributed by atoms with Gasteiger partial charge < -0.3 is 10.1 Å². The van der Waals surface area contributed by atoms with Crippen LogP contribution in [0.1, 0.15) is 18.1 Å². The number of sulfonamides is 1. The lowest BCUT2D eigenvalue weighted by Gasteiger charge is -2.24. The summed E-state index contributed by atoms with van der Waals surface area (Å²) in [5, 5.41) is 2.74. The van der Waals surface area contributed by atoms with Crippen molar-refractivity contribution in [1.29, 1.82) is 0 Å². The first-order valence-corrected chi connectivity index (χ1v) is 11.6. The first-order valence-electron chi connectivity index (χ1n) is 10.1. The number of carbonyl (C=O) groups is 1. The Morgan fingerprint density at radius 3 is 2.19 bits per heavy atom. The van der Waals surface area contributed by atoms with Crippen molar-refractivity contribution in [3.8, 4) is 5.75 Å². The van der Waals surface area contributed by atoms with E-state index in [1.165, 1.54) is 24.3 Å². The van der Waals surface area contributed by atoms with E-state index in [0.29, 0.717) is 12.4 Å². The predicted molar refractivity (Wildman–Crippen MR) is 122 cm³/mol. The highest BCUT2D eigenvalue weighted by molar-refractivity contribution is 7.92. The number of rotatable bonds is 9. The fraction of sp³-hybridized carbons (Fsp3) is 0.208. The van der Waals surface area contributed by atoms with Gasteiger partial charge in [-0.1, -0.05) is 29.8 Å². The van der Waals surface area contributed by atoms with E-state index in [4.69, 9.17) is 4.74 Å². The van der Waals surface area contributed by atoms with Crippen LogP contribution in [0, 0.1) is 12.7 Å². The maximum absolute atomic E-state index is 13.4. The highest BCUT2D eigenvalue weighted by atomic mass is 32.2. The zero-order valence-corrected chi connectivity index (χ0v) is 18.7. The summed E-state index contributed by atoms with van der Waals surface area (Å²) in [5.41, 5.74) is 2.18. The number of carbonyl (C=O) groups excluding carboxylic acids is 1. The van der Waals surface area contributed by atoms with E-state index in [9.17, 15) is 17.6 Å². The molecule has 0 aliphatic carbocycles. The maximum atomic E-state index is 13.4. The van der Waals surface area contributed by atoms with E-state index in [0.717, 1.165) is 27.6 Å². The van der Waals surface area contributed by atoms with E-state index in [1.807, 2.05) is 38.1 Å². The van der Waals surface area contributed by atoms with Crippen LogP contribution in [0.5, 0.6) is 5.75 Å². The quantitative estimate of drug-likeness (QED) is 0.527. The topological polar surface area (TPSA) is 75.7 Å². The predicted octanol–water partition coefficient (Wildman–Crippen LogP) is 4.04. The van der Waals surface area contributed by atoms with Crippen LogP contribution in [0.2, 0.25) is 0 Å².